The van der Waals surface area contributed by atoms with Gasteiger partial charge in [0.2, 0.25) is 16.0 Å². The van der Waals surface area contributed by atoms with E-state index < -0.39 is 22.4 Å². The van der Waals surface area contributed by atoms with Gasteiger partial charge in [-0.05, 0) is 67.7 Å². The molecular formula is C25H32N6O2S. The van der Waals surface area contributed by atoms with Crippen LogP contribution in [-0.4, -0.2) is 47.8 Å². The third-order valence-electron chi connectivity index (χ3n) is 7.24. The van der Waals surface area contributed by atoms with Crippen molar-refractivity contribution in [3.8, 4) is 0 Å². The summed E-state index contributed by atoms with van der Waals surface area (Å²) in [7, 11) is -2.13. The molecule has 1 unspecified atom stereocenters. The van der Waals surface area contributed by atoms with Crippen molar-refractivity contribution >= 4 is 26.7 Å². The Labute approximate surface area is 203 Å². The first kappa shape index (κ1) is 19.8. The number of aryl methyl sites for hydroxylation is 1. The predicted molar refractivity (Wildman–Crippen MR) is 132 cm³/mol. The summed E-state index contributed by atoms with van der Waals surface area (Å²) in [6.45, 7) is 1.25. The van der Waals surface area contributed by atoms with Crippen molar-refractivity contribution in [3.63, 3.8) is 0 Å². The summed E-state index contributed by atoms with van der Waals surface area (Å²) < 4.78 is 48.4. The molecule has 2 saturated carbocycles. The Morgan fingerprint density at radius 2 is 2.00 bits per heavy atom. The van der Waals surface area contributed by atoms with E-state index in [9.17, 15) is 8.42 Å². The minimum atomic E-state index is -4.16. The lowest BCUT2D eigenvalue weighted by Gasteiger charge is -2.23. The van der Waals surface area contributed by atoms with Crippen molar-refractivity contribution in [3.05, 3.63) is 41.5 Å². The highest BCUT2D eigenvalue weighted by Crippen LogP contribution is 2.45. The molecule has 1 N–H and O–H groups in total. The Morgan fingerprint density at radius 3 is 2.71 bits per heavy atom. The molecule has 3 aliphatic rings. The number of hydrogen-bond donors (Lipinski definition) is 1. The monoisotopic (exact) mass is 482 g/mol. The summed E-state index contributed by atoms with van der Waals surface area (Å²) in [4.78, 5) is 6.98. The van der Waals surface area contributed by atoms with Crippen molar-refractivity contribution in [1.82, 2.24) is 24.5 Å². The molecule has 3 aromatic rings. The first-order chi connectivity index (χ1) is 17.1. The SMILES string of the molecule is [2H]C([2H])(NS(=O)(=O)c1cc2c(c3cnc(C4CC4)cc13)CCC2n1cnnc1N(C)C1CC1)C(C)C. The van der Waals surface area contributed by atoms with Crippen molar-refractivity contribution in [1.29, 1.82) is 0 Å². The second-order valence-electron chi connectivity index (χ2n) is 10.2. The van der Waals surface area contributed by atoms with Gasteiger partial charge in [-0.3, -0.25) is 9.55 Å². The lowest BCUT2D eigenvalue weighted by molar-refractivity contribution is 0.559. The van der Waals surface area contributed by atoms with E-state index in [2.05, 4.69) is 24.4 Å². The van der Waals surface area contributed by atoms with E-state index in [0.717, 1.165) is 66.7 Å². The average molecular weight is 483 g/mol. The molecule has 2 fully saturated rings. The van der Waals surface area contributed by atoms with E-state index in [1.54, 1.807) is 26.2 Å². The Kier molecular flexibility index (Phi) is 4.66. The Morgan fingerprint density at radius 1 is 1.21 bits per heavy atom. The minimum absolute atomic E-state index is 0.102. The van der Waals surface area contributed by atoms with E-state index in [4.69, 9.17) is 7.73 Å². The molecular weight excluding hydrogens is 448 g/mol. The maximum atomic E-state index is 13.7. The number of nitrogens with zero attached hydrogens (tertiary/aromatic N) is 5. The number of aromatic nitrogens is 4. The van der Waals surface area contributed by atoms with Gasteiger partial charge in [0.15, 0.2) is 0 Å². The zero-order chi connectivity index (χ0) is 25.4. The van der Waals surface area contributed by atoms with Gasteiger partial charge >= 0.3 is 0 Å². The molecule has 0 aliphatic heterocycles. The second kappa shape index (κ2) is 8.02. The minimum Gasteiger partial charge on any atom is -0.341 e. The van der Waals surface area contributed by atoms with Crippen LogP contribution in [0.4, 0.5) is 5.95 Å². The van der Waals surface area contributed by atoms with Gasteiger partial charge < -0.3 is 4.90 Å². The first-order valence-corrected chi connectivity index (χ1v) is 13.7. The number of hydrogen-bond acceptors (Lipinski definition) is 6. The maximum Gasteiger partial charge on any atom is 0.241 e. The fourth-order valence-electron chi connectivity index (χ4n) is 5.09. The predicted octanol–water partition coefficient (Wildman–Crippen LogP) is 3.77. The van der Waals surface area contributed by atoms with Gasteiger partial charge in [0, 0.05) is 50.9 Å². The summed E-state index contributed by atoms with van der Waals surface area (Å²) in [5, 5.41) is 10.0. The smallest absolute Gasteiger partial charge is 0.241 e. The molecule has 8 nitrogen and oxygen atoms in total. The van der Waals surface area contributed by atoms with Gasteiger partial charge in [-0.15, -0.1) is 10.2 Å². The molecule has 1 aromatic carbocycles. The maximum absolute atomic E-state index is 13.7. The van der Waals surface area contributed by atoms with E-state index in [1.807, 2.05) is 19.3 Å². The van der Waals surface area contributed by atoms with Gasteiger partial charge in [-0.25, -0.2) is 13.1 Å². The van der Waals surface area contributed by atoms with Gasteiger partial charge in [0.05, 0.1) is 10.9 Å². The third kappa shape index (κ3) is 3.79. The van der Waals surface area contributed by atoms with Crippen molar-refractivity contribution in [2.75, 3.05) is 18.4 Å². The summed E-state index contributed by atoms with van der Waals surface area (Å²) in [5.74, 6) is 0.636. The molecule has 0 spiro atoms. The quantitative estimate of drug-likeness (QED) is 0.525. The van der Waals surface area contributed by atoms with Crippen LogP contribution in [0.5, 0.6) is 0 Å². The largest absolute Gasteiger partial charge is 0.341 e. The topological polar surface area (TPSA) is 93.0 Å². The molecule has 0 amide bonds. The average Bonchev–Trinajstić information content (AvgIpc) is 3.75. The van der Waals surface area contributed by atoms with Crippen LogP contribution in [0, 0.1) is 5.92 Å². The molecule has 180 valence electrons. The second-order valence-corrected chi connectivity index (χ2v) is 11.9. The van der Waals surface area contributed by atoms with Crippen LogP contribution in [0.15, 0.2) is 29.6 Å². The molecule has 6 rings (SSSR count). The molecule has 0 radical (unpaired) electrons. The van der Waals surface area contributed by atoms with Crippen LogP contribution in [-0.2, 0) is 16.4 Å². The van der Waals surface area contributed by atoms with Crippen molar-refractivity contribution in [2.45, 2.75) is 75.3 Å². The molecule has 2 heterocycles. The van der Waals surface area contributed by atoms with E-state index in [-0.39, 0.29) is 10.9 Å². The highest BCUT2D eigenvalue weighted by molar-refractivity contribution is 7.89. The van der Waals surface area contributed by atoms with Gasteiger partial charge in [0.25, 0.3) is 0 Å². The third-order valence-corrected chi connectivity index (χ3v) is 8.55. The zero-order valence-corrected chi connectivity index (χ0v) is 20.6. The van der Waals surface area contributed by atoms with Crippen molar-refractivity contribution < 1.29 is 11.2 Å². The van der Waals surface area contributed by atoms with Crippen LogP contribution >= 0.6 is 0 Å². The molecule has 34 heavy (non-hydrogen) atoms. The number of benzene rings is 1. The number of nitrogens with one attached hydrogen (secondary N) is 1. The van der Waals surface area contributed by atoms with Crippen LogP contribution in [0.3, 0.4) is 0 Å². The standard InChI is InChI=1S/C25H32N6O2S/c1-15(2)12-28-34(32,33)24-11-19-18(21-13-26-22(10-20(21)24)16-4-5-16)8-9-23(19)31-14-27-29-25(31)30(3)17-6-7-17/h10-11,13-17,23,28H,4-9,12H2,1-3H3/i12D2. The summed E-state index contributed by atoms with van der Waals surface area (Å²) >= 11 is 0. The van der Waals surface area contributed by atoms with Crippen LogP contribution in [0.1, 0.15) is 77.5 Å². The molecule has 0 bridgehead atoms. The van der Waals surface area contributed by atoms with E-state index in [0.29, 0.717) is 17.3 Å². The van der Waals surface area contributed by atoms with E-state index in [1.165, 1.54) is 0 Å². The Bertz CT molecular complexity index is 1450. The zero-order valence-electron chi connectivity index (χ0n) is 21.8. The number of fused-ring (bicyclic) bond motifs is 3. The summed E-state index contributed by atoms with van der Waals surface area (Å²) in [6.07, 6.45) is 9.56. The fourth-order valence-corrected chi connectivity index (χ4v) is 6.33. The normalized spacial score (nSPS) is 21.6. The Balaban J connectivity index is 1.51. The van der Waals surface area contributed by atoms with Gasteiger partial charge in [-0.2, -0.15) is 0 Å². The molecule has 3 aliphatic carbocycles. The molecule has 1 atom stereocenters. The summed E-state index contributed by atoms with van der Waals surface area (Å²) in [5.41, 5.74) is 2.93. The van der Waals surface area contributed by atoms with Crippen LogP contribution < -0.4 is 9.62 Å². The van der Waals surface area contributed by atoms with Crippen LogP contribution in [0.2, 0.25) is 0 Å². The van der Waals surface area contributed by atoms with Crippen LogP contribution in [0.25, 0.3) is 10.8 Å². The number of anilines is 1. The first-order valence-electron chi connectivity index (χ1n) is 13.2. The Hall–Kier alpha value is -2.52. The lowest BCUT2D eigenvalue weighted by Crippen LogP contribution is -2.28. The number of rotatable bonds is 8. The fraction of sp³-hybridized carbons (Fsp3) is 0.560. The van der Waals surface area contributed by atoms with Gasteiger partial charge in [0.1, 0.15) is 6.33 Å². The molecule has 9 heteroatoms. The highest BCUT2D eigenvalue weighted by atomic mass is 32.2. The number of sulfonamides is 1. The molecule has 0 saturated heterocycles. The van der Waals surface area contributed by atoms with Gasteiger partial charge in [-0.1, -0.05) is 13.8 Å². The van der Waals surface area contributed by atoms with E-state index >= 15 is 0 Å². The lowest BCUT2D eigenvalue weighted by atomic mass is 10.00. The molecule has 2 aromatic heterocycles. The highest BCUT2D eigenvalue weighted by Gasteiger charge is 2.35. The van der Waals surface area contributed by atoms with Crippen molar-refractivity contribution in [2.24, 2.45) is 5.92 Å². The summed E-state index contributed by atoms with van der Waals surface area (Å²) in [6, 6.07) is 4.03. The number of pyridine rings is 1.